The van der Waals surface area contributed by atoms with Crippen LogP contribution in [0.2, 0.25) is 0 Å². The van der Waals surface area contributed by atoms with Gasteiger partial charge in [0.2, 0.25) is 0 Å². The lowest BCUT2D eigenvalue weighted by Gasteiger charge is -2.30. The summed E-state index contributed by atoms with van der Waals surface area (Å²) in [4.78, 5) is 10.9. The van der Waals surface area contributed by atoms with Crippen LogP contribution in [-0.4, -0.2) is 24.4 Å². The van der Waals surface area contributed by atoms with Crippen molar-refractivity contribution in [1.29, 1.82) is 0 Å². The predicted molar refractivity (Wildman–Crippen MR) is 56.1 cm³/mol. The van der Waals surface area contributed by atoms with E-state index in [1.54, 1.807) is 0 Å². The fourth-order valence-electron chi connectivity index (χ4n) is 1.40. The number of hydrogen-bond acceptors (Lipinski definition) is 2. The van der Waals surface area contributed by atoms with Crippen LogP contribution in [0, 0.1) is 0 Å². The van der Waals surface area contributed by atoms with Crippen LogP contribution in [0.25, 0.3) is 0 Å². The summed E-state index contributed by atoms with van der Waals surface area (Å²) in [5, 5.41) is 8.77. The summed E-state index contributed by atoms with van der Waals surface area (Å²) in [5.74, 6) is -2.09. The molecule has 0 spiro atoms. The summed E-state index contributed by atoms with van der Waals surface area (Å²) in [5.41, 5.74) is -3.77. The zero-order valence-electron chi connectivity index (χ0n) is 8.69. The molecule has 1 N–H and O–H groups in total. The summed E-state index contributed by atoms with van der Waals surface area (Å²) >= 11 is 0. The fraction of sp³-hybridized carbons (Fsp3) is 0.300. The first-order valence-corrected chi connectivity index (χ1v) is 4.27. The third kappa shape index (κ3) is 2.53. The average molecular weight is 271 g/mol. The first-order chi connectivity index (χ1) is 7.36. The van der Waals surface area contributed by atoms with Crippen molar-refractivity contribution in [2.24, 2.45) is 0 Å². The van der Waals surface area contributed by atoms with E-state index < -0.39 is 23.3 Å². The normalized spacial score (nSPS) is 14.6. The first kappa shape index (κ1) is 15.7. The van der Waals surface area contributed by atoms with Crippen LogP contribution >= 0.6 is 12.4 Å². The SMILES string of the molecule is CO[C@@](C(=O)O)(c1ccccc1)C(F)(F)F.Cl. The molecule has 0 saturated carbocycles. The van der Waals surface area contributed by atoms with Crippen LogP contribution in [-0.2, 0) is 15.1 Å². The summed E-state index contributed by atoms with van der Waals surface area (Å²) < 4.78 is 42.6. The lowest BCUT2D eigenvalue weighted by atomic mass is 9.93. The summed E-state index contributed by atoms with van der Waals surface area (Å²) in [6, 6.07) is 6.24. The summed E-state index contributed by atoms with van der Waals surface area (Å²) in [6.07, 6.45) is -5.03. The van der Waals surface area contributed by atoms with Crippen LogP contribution in [0.15, 0.2) is 30.3 Å². The molecule has 0 unspecified atom stereocenters. The van der Waals surface area contributed by atoms with Crippen molar-refractivity contribution in [3.05, 3.63) is 35.9 Å². The van der Waals surface area contributed by atoms with Gasteiger partial charge in [0.15, 0.2) is 0 Å². The number of hydrogen-bond donors (Lipinski definition) is 1. The molecule has 0 aliphatic heterocycles. The predicted octanol–water partition coefficient (Wildman–Crippen LogP) is 2.60. The smallest absolute Gasteiger partial charge is 0.432 e. The number of methoxy groups -OCH3 is 1. The minimum Gasteiger partial charge on any atom is -0.479 e. The summed E-state index contributed by atoms with van der Waals surface area (Å²) in [7, 11) is 0.717. The topological polar surface area (TPSA) is 46.5 Å². The van der Waals surface area contributed by atoms with Gasteiger partial charge in [-0.1, -0.05) is 30.3 Å². The first-order valence-electron chi connectivity index (χ1n) is 4.27. The molecule has 0 heterocycles. The van der Waals surface area contributed by atoms with Gasteiger partial charge in [0, 0.05) is 12.7 Å². The van der Waals surface area contributed by atoms with E-state index in [2.05, 4.69) is 4.74 Å². The molecular formula is C10H10ClF3O3. The van der Waals surface area contributed by atoms with E-state index in [1.807, 2.05) is 0 Å². The molecule has 1 rings (SSSR count). The second kappa shape index (κ2) is 5.37. The largest absolute Gasteiger partial charge is 0.479 e. The number of carbonyl (C=O) groups is 1. The van der Waals surface area contributed by atoms with Crippen LogP contribution in [0.5, 0.6) is 0 Å². The minimum atomic E-state index is -5.03. The molecule has 0 aliphatic rings. The third-order valence-electron chi connectivity index (χ3n) is 2.19. The van der Waals surface area contributed by atoms with Crippen molar-refractivity contribution >= 4 is 18.4 Å². The van der Waals surface area contributed by atoms with Crippen LogP contribution < -0.4 is 0 Å². The molecule has 7 heteroatoms. The Morgan fingerprint density at radius 2 is 1.71 bits per heavy atom. The lowest BCUT2D eigenvalue weighted by molar-refractivity contribution is -0.273. The molecule has 1 atom stereocenters. The van der Waals surface area contributed by atoms with Crippen molar-refractivity contribution in [2.45, 2.75) is 11.8 Å². The zero-order chi connectivity index (χ0) is 12.4. The molecule has 0 bridgehead atoms. The molecule has 1 aromatic carbocycles. The van der Waals surface area contributed by atoms with Crippen molar-refractivity contribution in [3.63, 3.8) is 0 Å². The van der Waals surface area contributed by atoms with Gasteiger partial charge >= 0.3 is 12.1 Å². The molecule has 0 amide bonds. The van der Waals surface area contributed by atoms with Gasteiger partial charge in [-0.3, -0.25) is 0 Å². The molecule has 0 aliphatic carbocycles. The van der Waals surface area contributed by atoms with Gasteiger partial charge in [-0.05, 0) is 0 Å². The Kier molecular flexibility index (Phi) is 4.97. The number of aliphatic carboxylic acids is 1. The van der Waals surface area contributed by atoms with Gasteiger partial charge in [-0.25, -0.2) is 4.79 Å². The zero-order valence-corrected chi connectivity index (χ0v) is 9.51. The monoisotopic (exact) mass is 270 g/mol. The van der Waals surface area contributed by atoms with Crippen molar-refractivity contribution in [1.82, 2.24) is 0 Å². The molecule has 0 saturated heterocycles. The van der Waals surface area contributed by atoms with E-state index in [1.165, 1.54) is 18.2 Å². The second-order valence-electron chi connectivity index (χ2n) is 3.05. The molecule has 0 aromatic heterocycles. The Morgan fingerprint density at radius 3 is 2.00 bits per heavy atom. The van der Waals surface area contributed by atoms with Crippen LogP contribution in [0.1, 0.15) is 5.56 Å². The Labute approximate surface area is 102 Å². The lowest BCUT2D eigenvalue weighted by Crippen LogP contribution is -2.50. The second-order valence-corrected chi connectivity index (χ2v) is 3.05. The van der Waals surface area contributed by atoms with Crippen molar-refractivity contribution in [3.8, 4) is 0 Å². The van der Waals surface area contributed by atoms with Crippen molar-refractivity contribution < 1.29 is 27.8 Å². The van der Waals surface area contributed by atoms with Crippen molar-refractivity contribution in [2.75, 3.05) is 7.11 Å². The maximum atomic E-state index is 12.8. The van der Waals surface area contributed by atoms with Gasteiger partial charge in [0.1, 0.15) is 0 Å². The standard InChI is InChI=1S/C10H9F3O3.ClH/c1-16-9(8(14)15,10(11,12)13)7-5-3-2-4-6-7;/h2-6H,1H3,(H,14,15);1H/t9-;/m1./s1. The molecule has 17 heavy (non-hydrogen) atoms. The quantitative estimate of drug-likeness (QED) is 0.918. The van der Waals surface area contributed by atoms with Gasteiger partial charge in [0.05, 0.1) is 0 Å². The molecule has 96 valence electrons. The van der Waals surface area contributed by atoms with E-state index >= 15 is 0 Å². The number of halogens is 4. The Hall–Kier alpha value is -1.27. The molecule has 0 radical (unpaired) electrons. The number of benzene rings is 1. The van der Waals surface area contributed by atoms with E-state index in [4.69, 9.17) is 5.11 Å². The highest BCUT2D eigenvalue weighted by Gasteiger charge is 2.63. The Morgan fingerprint density at radius 1 is 1.24 bits per heavy atom. The maximum absolute atomic E-state index is 12.8. The molecule has 3 nitrogen and oxygen atoms in total. The van der Waals surface area contributed by atoms with Gasteiger partial charge < -0.3 is 9.84 Å². The molecule has 1 aromatic rings. The highest BCUT2D eigenvalue weighted by atomic mass is 35.5. The Balaban J connectivity index is 0.00000256. The molecule has 0 fully saturated rings. The third-order valence-corrected chi connectivity index (χ3v) is 2.19. The highest BCUT2D eigenvalue weighted by Crippen LogP contribution is 2.41. The van der Waals surface area contributed by atoms with Gasteiger partial charge in [-0.15, -0.1) is 12.4 Å². The Bertz CT molecular complexity index is 380. The average Bonchev–Trinajstić information content (AvgIpc) is 2.18. The number of alkyl halides is 3. The van der Waals surface area contributed by atoms with Crippen LogP contribution in [0.4, 0.5) is 13.2 Å². The number of carboxylic acid groups (broad SMARTS) is 1. The van der Waals surface area contributed by atoms with Gasteiger partial charge in [-0.2, -0.15) is 13.2 Å². The maximum Gasteiger partial charge on any atom is 0.432 e. The number of rotatable bonds is 3. The summed E-state index contributed by atoms with van der Waals surface area (Å²) in [6.45, 7) is 0. The van der Waals surface area contributed by atoms with Gasteiger partial charge in [0.25, 0.3) is 5.60 Å². The van der Waals surface area contributed by atoms with E-state index in [9.17, 15) is 18.0 Å². The number of carboxylic acids is 1. The fourth-order valence-corrected chi connectivity index (χ4v) is 1.40. The van der Waals surface area contributed by atoms with E-state index in [-0.39, 0.29) is 12.4 Å². The number of ether oxygens (including phenoxy) is 1. The highest BCUT2D eigenvalue weighted by molar-refractivity contribution is 5.85. The minimum absolute atomic E-state index is 0. The molecular weight excluding hydrogens is 261 g/mol. The van der Waals surface area contributed by atoms with Crippen LogP contribution in [0.3, 0.4) is 0 Å². The van der Waals surface area contributed by atoms with E-state index in [0.29, 0.717) is 7.11 Å². The van der Waals surface area contributed by atoms with E-state index in [0.717, 1.165) is 12.1 Å².